The monoisotopic (exact) mass is 520 g/mol. The van der Waals surface area contributed by atoms with Crippen LogP contribution >= 0.6 is 15.9 Å². The fourth-order valence-corrected chi connectivity index (χ4v) is 4.10. The van der Waals surface area contributed by atoms with Gasteiger partial charge in [0, 0.05) is 22.7 Å². The Balaban J connectivity index is 1.55. The molecule has 4 rings (SSSR count). The van der Waals surface area contributed by atoms with E-state index in [1.807, 2.05) is 0 Å². The van der Waals surface area contributed by atoms with Crippen LogP contribution in [0.1, 0.15) is 38.8 Å². The summed E-state index contributed by atoms with van der Waals surface area (Å²) in [6, 6.07) is 17.5. The summed E-state index contributed by atoms with van der Waals surface area (Å²) < 4.78 is 6.00. The van der Waals surface area contributed by atoms with Crippen LogP contribution in [-0.2, 0) is 16.0 Å². The number of hydrogen-bond donors (Lipinski definition) is 1. The molecule has 7 nitrogen and oxygen atoms in total. The molecule has 1 N–H and O–H groups in total. The number of phenolic OH excluding ortho intramolecular Hbond substituents is 1. The SMILES string of the molecule is CCOC(=O)[C@@H](Cc1ccc(N=Cc2cc(Br)ccc2O)cc1)N1C(=O)c2ccccc2C1=O. The zero-order valence-corrected chi connectivity index (χ0v) is 19.9. The number of carbonyl (C=O) groups is 3. The van der Waals surface area contributed by atoms with E-state index < -0.39 is 23.8 Å². The highest BCUT2D eigenvalue weighted by Crippen LogP contribution is 2.27. The van der Waals surface area contributed by atoms with Gasteiger partial charge in [0.1, 0.15) is 11.8 Å². The molecule has 3 aromatic carbocycles. The highest BCUT2D eigenvalue weighted by molar-refractivity contribution is 9.10. The molecule has 1 heterocycles. The lowest BCUT2D eigenvalue weighted by Crippen LogP contribution is -2.47. The topological polar surface area (TPSA) is 96.3 Å². The second-order valence-electron chi connectivity index (χ2n) is 7.63. The molecule has 1 atom stereocenters. The Morgan fingerprint density at radius 3 is 2.32 bits per heavy atom. The lowest BCUT2D eigenvalue weighted by atomic mass is 10.0. The van der Waals surface area contributed by atoms with E-state index >= 15 is 0 Å². The van der Waals surface area contributed by atoms with Crippen molar-refractivity contribution >= 4 is 45.6 Å². The Morgan fingerprint density at radius 2 is 1.71 bits per heavy atom. The summed E-state index contributed by atoms with van der Waals surface area (Å²) in [6.07, 6.45) is 1.66. The standard InChI is InChI=1S/C26H21BrN2O5/c1-2-34-26(33)22(29-24(31)20-5-3-4-6-21(20)25(29)32)13-16-7-10-19(11-8-16)28-15-17-14-18(27)9-12-23(17)30/h3-12,14-15,22,30H,2,13H2,1H3/t22-/m1/s1. The van der Waals surface area contributed by atoms with Crippen molar-refractivity contribution in [2.75, 3.05) is 6.61 Å². The zero-order valence-electron chi connectivity index (χ0n) is 18.3. The summed E-state index contributed by atoms with van der Waals surface area (Å²) in [4.78, 5) is 44.0. The maximum absolute atomic E-state index is 12.9. The summed E-state index contributed by atoms with van der Waals surface area (Å²) in [5.41, 5.74) is 2.49. The van der Waals surface area contributed by atoms with Crippen LogP contribution in [0.2, 0.25) is 0 Å². The fourth-order valence-electron chi connectivity index (χ4n) is 3.72. The molecule has 2 amide bonds. The Bertz CT molecular complexity index is 1250. The van der Waals surface area contributed by atoms with Gasteiger partial charge in [-0.15, -0.1) is 0 Å². The van der Waals surface area contributed by atoms with E-state index in [-0.39, 0.29) is 29.9 Å². The van der Waals surface area contributed by atoms with Gasteiger partial charge in [-0.1, -0.05) is 40.2 Å². The molecule has 172 valence electrons. The smallest absolute Gasteiger partial charge is 0.329 e. The number of aliphatic imine (C=N–C) groups is 1. The molecule has 0 aromatic heterocycles. The molecule has 1 aliphatic rings. The number of ether oxygens (including phenoxy) is 1. The molecule has 0 unspecified atom stereocenters. The quantitative estimate of drug-likeness (QED) is 0.277. The predicted octanol–water partition coefficient (Wildman–Crippen LogP) is 4.68. The van der Waals surface area contributed by atoms with Crippen LogP contribution in [0.3, 0.4) is 0 Å². The third-order valence-corrected chi connectivity index (χ3v) is 5.90. The number of esters is 1. The number of fused-ring (bicyclic) bond motifs is 1. The van der Waals surface area contributed by atoms with Gasteiger partial charge in [-0.05, 0) is 55.0 Å². The number of amides is 2. The number of imide groups is 1. The third-order valence-electron chi connectivity index (χ3n) is 5.40. The van der Waals surface area contributed by atoms with Gasteiger partial charge in [0.25, 0.3) is 11.8 Å². The Labute approximate surface area is 204 Å². The molecule has 3 aromatic rings. The molecule has 8 heteroatoms. The van der Waals surface area contributed by atoms with Crippen molar-refractivity contribution in [2.24, 2.45) is 4.99 Å². The average Bonchev–Trinajstić information content (AvgIpc) is 3.09. The van der Waals surface area contributed by atoms with E-state index in [4.69, 9.17) is 4.74 Å². The van der Waals surface area contributed by atoms with Gasteiger partial charge in [-0.2, -0.15) is 0 Å². The van der Waals surface area contributed by atoms with Crippen molar-refractivity contribution in [1.29, 1.82) is 0 Å². The number of carbonyl (C=O) groups excluding carboxylic acids is 3. The highest BCUT2D eigenvalue weighted by Gasteiger charge is 2.43. The molecule has 0 spiro atoms. The second-order valence-corrected chi connectivity index (χ2v) is 8.54. The molecular formula is C26H21BrN2O5. The molecule has 0 saturated heterocycles. The van der Waals surface area contributed by atoms with E-state index in [0.717, 1.165) is 14.9 Å². The number of benzene rings is 3. The predicted molar refractivity (Wildman–Crippen MR) is 131 cm³/mol. The van der Waals surface area contributed by atoms with E-state index in [1.54, 1.807) is 79.9 Å². The van der Waals surface area contributed by atoms with Gasteiger partial charge in [-0.3, -0.25) is 19.5 Å². The van der Waals surface area contributed by atoms with E-state index in [1.165, 1.54) is 0 Å². The van der Waals surface area contributed by atoms with Crippen molar-refractivity contribution in [1.82, 2.24) is 4.90 Å². The fraction of sp³-hybridized carbons (Fsp3) is 0.154. The largest absolute Gasteiger partial charge is 0.507 e. The summed E-state index contributed by atoms with van der Waals surface area (Å²) in [7, 11) is 0. The first-order chi connectivity index (χ1) is 16.4. The number of aromatic hydroxyl groups is 1. The number of hydrogen-bond acceptors (Lipinski definition) is 6. The number of nitrogens with zero attached hydrogens (tertiary/aromatic N) is 2. The lowest BCUT2D eigenvalue weighted by molar-refractivity contribution is -0.147. The Morgan fingerprint density at radius 1 is 1.06 bits per heavy atom. The summed E-state index contributed by atoms with van der Waals surface area (Å²) >= 11 is 3.36. The van der Waals surface area contributed by atoms with Crippen molar-refractivity contribution in [3.05, 3.63) is 93.5 Å². The minimum atomic E-state index is -1.08. The molecule has 0 radical (unpaired) electrons. The first-order valence-corrected chi connectivity index (χ1v) is 11.4. The summed E-state index contributed by atoms with van der Waals surface area (Å²) in [6.45, 7) is 1.81. The van der Waals surface area contributed by atoms with E-state index in [2.05, 4.69) is 20.9 Å². The van der Waals surface area contributed by atoms with Crippen LogP contribution in [0.15, 0.2) is 76.2 Å². The normalized spacial score (nSPS) is 13.9. The summed E-state index contributed by atoms with van der Waals surface area (Å²) in [5.74, 6) is -1.53. The zero-order chi connectivity index (χ0) is 24.2. The molecule has 1 aliphatic heterocycles. The maximum Gasteiger partial charge on any atom is 0.329 e. The van der Waals surface area contributed by atoms with E-state index in [9.17, 15) is 19.5 Å². The van der Waals surface area contributed by atoms with Crippen molar-refractivity contribution in [3.8, 4) is 5.75 Å². The van der Waals surface area contributed by atoms with Gasteiger partial charge in [-0.25, -0.2) is 4.79 Å². The molecule has 34 heavy (non-hydrogen) atoms. The van der Waals surface area contributed by atoms with Gasteiger partial charge in [0.2, 0.25) is 0 Å². The van der Waals surface area contributed by atoms with Gasteiger partial charge in [0.15, 0.2) is 0 Å². The number of phenols is 1. The highest BCUT2D eigenvalue weighted by atomic mass is 79.9. The molecule has 0 saturated carbocycles. The van der Waals surface area contributed by atoms with Crippen LogP contribution < -0.4 is 0 Å². The van der Waals surface area contributed by atoms with Crippen molar-refractivity contribution in [2.45, 2.75) is 19.4 Å². The van der Waals surface area contributed by atoms with Gasteiger partial charge in [0.05, 0.1) is 23.4 Å². The number of halogens is 1. The second kappa shape index (κ2) is 10.0. The van der Waals surface area contributed by atoms with Gasteiger partial charge < -0.3 is 9.84 Å². The van der Waals surface area contributed by atoms with Gasteiger partial charge >= 0.3 is 5.97 Å². The van der Waals surface area contributed by atoms with Crippen LogP contribution in [-0.4, -0.2) is 46.7 Å². The Hall–Kier alpha value is -3.78. The molecular weight excluding hydrogens is 500 g/mol. The average molecular weight is 521 g/mol. The van der Waals surface area contributed by atoms with Crippen LogP contribution in [0.25, 0.3) is 0 Å². The third kappa shape index (κ3) is 4.77. The molecule has 0 aliphatic carbocycles. The lowest BCUT2D eigenvalue weighted by Gasteiger charge is -2.24. The minimum Gasteiger partial charge on any atom is -0.507 e. The molecule has 0 bridgehead atoms. The van der Waals surface area contributed by atoms with Crippen LogP contribution in [0.4, 0.5) is 5.69 Å². The molecule has 0 fully saturated rings. The first-order valence-electron chi connectivity index (χ1n) is 10.6. The Kier molecular flexibility index (Phi) is 6.88. The van der Waals surface area contributed by atoms with Crippen LogP contribution in [0.5, 0.6) is 5.75 Å². The van der Waals surface area contributed by atoms with Crippen molar-refractivity contribution < 1.29 is 24.2 Å². The minimum absolute atomic E-state index is 0.112. The van der Waals surface area contributed by atoms with E-state index in [0.29, 0.717) is 11.3 Å². The first kappa shape index (κ1) is 23.4. The van der Waals surface area contributed by atoms with Crippen molar-refractivity contribution in [3.63, 3.8) is 0 Å². The maximum atomic E-state index is 12.9. The summed E-state index contributed by atoms with van der Waals surface area (Å²) in [5, 5.41) is 9.95. The number of rotatable bonds is 7. The van der Waals surface area contributed by atoms with Crippen LogP contribution in [0, 0.1) is 0 Å².